The predicted molar refractivity (Wildman–Crippen MR) is 83.4 cm³/mol. The molecule has 0 aromatic heterocycles. The van der Waals surface area contributed by atoms with Crippen molar-refractivity contribution < 1.29 is 9.66 Å². The summed E-state index contributed by atoms with van der Waals surface area (Å²) in [6, 6.07) is 9.76. The molecule has 0 unspecified atom stereocenters. The Balaban J connectivity index is 2.17. The number of benzene rings is 2. The minimum Gasteiger partial charge on any atom is -0.496 e. The van der Waals surface area contributed by atoms with Crippen molar-refractivity contribution in [3.8, 4) is 5.75 Å². The Hall–Kier alpha value is -1.98. The van der Waals surface area contributed by atoms with Crippen LogP contribution in [0.1, 0.15) is 5.56 Å². The van der Waals surface area contributed by atoms with E-state index in [0.29, 0.717) is 22.3 Å². The van der Waals surface area contributed by atoms with Crippen molar-refractivity contribution in [2.24, 2.45) is 0 Å². The van der Waals surface area contributed by atoms with Crippen LogP contribution in [0.3, 0.4) is 0 Å². The molecule has 0 atom stereocenters. The molecule has 0 saturated heterocycles. The van der Waals surface area contributed by atoms with Gasteiger partial charge in [0.05, 0.1) is 28.1 Å². The quantitative estimate of drug-likeness (QED) is 0.648. The van der Waals surface area contributed by atoms with E-state index >= 15 is 0 Å². The van der Waals surface area contributed by atoms with E-state index < -0.39 is 4.92 Å². The summed E-state index contributed by atoms with van der Waals surface area (Å²) < 4.78 is 5.06. The number of rotatable bonds is 5. The van der Waals surface area contributed by atoms with E-state index in [0.717, 1.165) is 11.3 Å². The predicted octanol–water partition coefficient (Wildman–Crippen LogP) is 4.52. The van der Waals surface area contributed by atoms with Gasteiger partial charge in [-0.2, -0.15) is 0 Å². The molecule has 1 N–H and O–H groups in total. The SMILES string of the molecule is COc1cc(CNc2ccc(Cl)c(Cl)c2)cc([N+](=O)[O-])c1. The first kappa shape index (κ1) is 15.4. The third-order valence-corrected chi connectivity index (χ3v) is 3.55. The molecule has 0 aliphatic heterocycles. The van der Waals surface area contributed by atoms with E-state index in [2.05, 4.69) is 5.32 Å². The van der Waals surface area contributed by atoms with Crippen molar-refractivity contribution in [3.63, 3.8) is 0 Å². The van der Waals surface area contributed by atoms with Crippen molar-refractivity contribution in [2.45, 2.75) is 6.54 Å². The summed E-state index contributed by atoms with van der Waals surface area (Å²) >= 11 is 11.8. The summed E-state index contributed by atoms with van der Waals surface area (Å²) in [7, 11) is 1.47. The van der Waals surface area contributed by atoms with Gasteiger partial charge in [0, 0.05) is 18.3 Å². The minimum absolute atomic E-state index is 0.0136. The van der Waals surface area contributed by atoms with Crippen molar-refractivity contribution in [3.05, 3.63) is 62.1 Å². The number of ether oxygens (including phenoxy) is 1. The monoisotopic (exact) mass is 326 g/mol. The summed E-state index contributed by atoms with van der Waals surface area (Å²) in [6.07, 6.45) is 0. The molecule has 0 spiro atoms. The van der Waals surface area contributed by atoms with Gasteiger partial charge in [0.25, 0.3) is 5.69 Å². The zero-order chi connectivity index (χ0) is 15.4. The van der Waals surface area contributed by atoms with Gasteiger partial charge in [-0.25, -0.2) is 0 Å². The first-order valence-electron chi connectivity index (χ1n) is 6.01. The molecule has 0 fully saturated rings. The number of halogens is 2. The highest BCUT2D eigenvalue weighted by molar-refractivity contribution is 6.42. The lowest BCUT2D eigenvalue weighted by Crippen LogP contribution is -2.01. The van der Waals surface area contributed by atoms with Gasteiger partial charge in [-0.15, -0.1) is 0 Å². The summed E-state index contributed by atoms with van der Waals surface area (Å²) in [4.78, 5) is 10.4. The molecule has 0 radical (unpaired) electrons. The molecule has 0 aliphatic carbocycles. The average Bonchev–Trinajstić information content (AvgIpc) is 2.48. The molecule has 0 aliphatic rings. The summed E-state index contributed by atoms with van der Waals surface area (Å²) in [5, 5.41) is 14.9. The second kappa shape index (κ2) is 6.65. The van der Waals surface area contributed by atoms with Crippen LogP contribution in [0.5, 0.6) is 5.75 Å². The maximum atomic E-state index is 10.9. The molecule has 21 heavy (non-hydrogen) atoms. The molecule has 0 heterocycles. The molecule has 0 bridgehead atoms. The molecular formula is C14H12Cl2N2O3. The van der Waals surface area contributed by atoms with Crippen LogP contribution in [0.25, 0.3) is 0 Å². The number of nitrogens with one attached hydrogen (secondary N) is 1. The van der Waals surface area contributed by atoms with Gasteiger partial charge in [0.2, 0.25) is 0 Å². The number of nitro groups is 1. The van der Waals surface area contributed by atoms with Gasteiger partial charge >= 0.3 is 0 Å². The summed E-state index contributed by atoms with van der Waals surface area (Å²) in [6.45, 7) is 0.399. The van der Waals surface area contributed by atoms with Gasteiger partial charge in [-0.3, -0.25) is 10.1 Å². The van der Waals surface area contributed by atoms with Gasteiger partial charge in [0.15, 0.2) is 0 Å². The maximum Gasteiger partial charge on any atom is 0.273 e. The number of nitro benzene ring substituents is 1. The Morgan fingerprint density at radius 1 is 1.19 bits per heavy atom. The van der Waals surface area contributed by atoms with Crippen LogP contribution in [-0.4, -0.2) is 12.0 Å². The second-order valence-electron chi connectivity index (χ2n) is 4.28. The molecular weight excluding hydrogens is 315 g/mol. The van der Waals surface area contributed by atoms with E-state index in [1.807, 2.05) is 0 Å². The lowest BCUT2D eigenvalue weighted by Gasteiger charge is -2.09. The molecule has 5 nitrogen and oxygen atoms in total. The molecule has 2 aromatic carbocycles. The fourth-order valence-electron chi connectivity index (χ4n) is 1.78. The largest absolute Gasteiger partial charge is 0.496 e. The van der Waals surface area contributed by atoms with Crippen LogP contribution >= 0.6 is 23.2 Å². The number of non-ortho nitro benzene ring substituents is 1. The van der Waals surface area contributed by atoms with E-state index in [1.165, 1.54) is 19.2 Å². The molecule has 2 aromatic rings. The standard InChI is InChI=1S/C14H12Cl2N2O3/c1-21-12-5-9(4-11(7-12)18(19)20)8-17-10-2-3-13(15)14(16)6-10/h2-7,17H,8H2,1H3. The van der Waals surface area contributed by atoms with Crippen LogP contribution in [0.15, 0.2) is 36.4 Å². The third kappa shape index (κ3) is 4.00. The normalized spacial score (nSPS) is 10.2. The van der Waals surface area contributed by atoms with E-state index in [9.17, 15) is 10.1 Å². The lowest BCUT2D eigenvalue weighted by molar-refractivity contribution is -0.385. The van der Waals surface area contributed by atoms with Crippen molar-refractivity contribution >= 4 is 34.6 Å². The van der Waals surface area contributed by atoms with E-state index in [1.54, 1.807) is 24.3 Å². The Bertz CT molecular complexity index is 677. The summed E-state index contributed by atoms with van der Waals surface area (Å²) in [5.74, 6) is 0.440. The number of nitrogens with zero attached hydrogens (tertiary/aromatic N) is 1. The van der Waals surface area contributed by atoms with Crippen LogP contribution in [0.2, 0.25) is 10.0 Å². The number of methoxy groups -OCH3 is 1. The fraction of sp³-hybridized carbons (Fsp3) is 0.143. The Morgan fingerprint density at radius 2 is 1.95 bits per heavy atom. The Kier molecular flexibility index (Phi) is 4.88. The average molecular weight is 327 g/mol. The van der Waals surface area contributed by atoms with Crippen molar-refractivity contribution in [1.82, 2.24) is 0 Å². The zero-order valence-corrected chi connectivity index (χ0v) is 12.6. The molecule has 0 amide bonds. The van der Waals surface area contributed by atoms with E-state index in [4.69, 9.17) is 27.9 Å². The minimum atomic E-state index is -0.453. The van der Waals surface area contributed by atoms with Crippen molar-refractivity contribution in [2.75, 3.05) is 12.4 Å². The van der Waals surface area contributed by atoms with Crippen LogP contribution in [0.4, 0.5) is 11.4 Å². The van der Waals surface area contributed by atoms with Gasteiger partial charge in [-0.1, -0.05) is 23.2 Å². The third-order valence-electron chi connectivity index (χ3n) is 2.81. The van der Waals surface area contributed by atoms with Gasteiger partial charge in [0.1, 0.15) is 5.75 Å². The highest BCUT2D eigenvalue weighted by Gasteiger charge is 2.10. The highest BCUT2D eigenvalue weighted by atomic mass is 35.5. The zero-order valence-electron chi connectivity index (χ0n) is 11.1. The first-order chi connectivity index (χ1) is 9.99. The van der Waals surface area contributed by atoms with Crippen LogP contribution < -0.4 is 10.1 Å². The summed E-state index contributed by atoms with van der Waals surface area (Å²) in [5.41, 5.74) is 1.49. The fourth-order valence-corrected chi connectivity index (χ4v) is 2.08. The molecule has 110 valence electrons. The Labute approximate surface area is 131 Å². The topological polar surface area (TPSA) is 64.4 Å². The number of anilines is 1. The molecule has 0 saturated carbocycles. The number of hydrogen-bond donors (Lipinski definition) is 1. The second-order valence-corrected chi connectivity index (χ2v) is 5.09. The van der Waals surface area contributed by atoms with Crippen molar-refractivity contribution in [1.29, 1.82) is 0 Å². The lowest BCUT2D eigenvalue weighted by atomic mass is 10.2. The maximum absolute atomic E-state index is 10.9. The smallest absolute Gasteiger partial charge is 0.273 e. The highest BCUT2D eigenvalue weighted by Crippen LogP contribution is 2.26. The van der Waals surface area contributed by atoms with Crippen LogP contribution in [0, 0.1) is 10.1 Å². The van der Waals surface area contributed by atoms with Gasteiger partial charge < -0.3 is 10.1 Å². The van der Waals surface area contributed by atoms with Crippen LogP contribution in [-0.2, 0) is 6.54 Å². The van der Waals surface area contributed by atoms with Gasteiger partial charge in [-0.05, 0) is 29.8 Å². The molecule has 2 rings (SSSR count). The number of hydrogen-bond acceptors (Lipinski definition) is 4. The molecule has 7 heteroatoms. The first-order valence-corrected chi connectivity index (χ1v) is 6.76. The van der Waals surface area contributed by atoms with E-state index in [-0.39, 0.29) is 5.69 Å². The Morgan fingerprint density at radius 3 is 2.57 bits per heavy atom.